The highest BCUT2D eigenvalue weighted by Gasteiger charge is 2.32. The highest BCUT2D eigenvalue weighted by Crippen LogP contribution is 2.12. The van der Waals surface area contributed by atoms with Crippen LogP contribution in [0.4, 0.5) is 0 Å². The lowest BCUT2D eigenvalue weighted by atomic mass is 10.3. The van der Waals surface area contributed by atoms with Gasteiger partial charge in [-0.1, -0.05) is 6.07 Å². The SMILES string of the molecule is O=C(NCCN1CCN(C(=O)CN2C(=O)CCC2=O)CC1)c1cccs1. The van der Waals surface area contributed by atoms with Crippen LogP contribution >= 0.6 is 11.3 Å². The molecule has 0 radical (unpaired) electrons. The Balaban J connectivity index is 1.36. The summed E-state index contributed by atoms with van der Waals surface area (Å²) in [6.45, 7) is 3.69. The van der Waals surface area contributed by atoms with Crippen LogP contribution in [-0.4, -0.2) is 84.1 Å². The lowest BCUT2D eigenvalue weighted by molar-refractivity contribution is -0.146. The van der Waals surface area contributed by atoms with E-state index in [1.807, 2.05) is 11.4 Å². The highest BCUT2D eigenvalue weighted by atomic mass is 32.1. The fourth-order valence-electron chi connectivity index (χ4n) is 3.08. The summed E-state index contributed by atoms with van der Waals surface area (Å²) in [7, 11) is 0. The third-order valence-corrected chi connectivity index (χ3v) is 5.50. The van der Waals surface area contributed by atoms with Crippen molar-refractivity contribution in [2.45, 2.75) is 12.8 Å². The fourth-order valence-corrected chi connectivity index (χ4v) is 3.72. The largest absolute Gasteiger partial charge is 0.350 e. The minimum Gasteiger partial charge on any atom is -0.350 e. The predicted molar refractivity (Wildman–Crippen MR) is 95.6 cm³/mol. The van der Waals surface area contributed by atoms with Crippen molar-refractivity contribution < 1.29 is 19.2 Å². The van der Waals surface area contributed by atoms with E-state index in [2.05, 4.69) is 10.2 Å². The maximum Gasteiger partial charge on any atom is 0.261 e. The fraction of sp³-hybridized carbons (Fsp3) is 0.529. The Morgan fingerprint density at radius 1 is 1.08 bits per heavy atom. The van der Waals surface area contributed by atoms with Crippen LogP contribution in [0.25, 0.3) is 0 Å². The maximum absolute atomic E-state index is 12.3. The van der Waals surface area contributed by atoms with Crippen molar-refractivity contribution in [3.05, 3.63) is 22.4 Å². The zero-order valence-electron chi connectivity index (χ0n) is 14.5. The number of likely N-dealkylation sites (tertiary alicyclic amines) is 1. The minimum absolute atomic E-state index is 0.0613. The Kier molecular flexibility index (Phi) is 6.00. The molecule has 2 aliphatic rings. The van der Waals surface area contributed by atoms with E-state index in [4.69, 9.17) is 0 Å². The third-order valence-electron chi connectivity index (χ3n) is 4.63. The normalized spacial score (nSPS) is 18.5. The Morgan fingerprint density at radius 2 is 1.77 bits per heavy atom. The molecule has 3 rings (SSSR count). The summed E-state index contributed by atoms with van der Waals surface area (Å²) in [4.78, 5) is 53.0. The predicted octanol–water partition coefficient (Wildman–Crippen LogP) is -0.229. The van der Waals surface area contributed by atoms with E-state index in [9.17, 15) is 19.2 Å². The van der Waals surface area contributed by atoms with E-state index in [1.165, 1.54) is 11.3 Å². The number of carbonyl (C=O) groups is 4. The zero-order chi connectivity index (χ0) is 18.5. The molecule has 140 valence electrons. The van der Waals surface area contributed by atoms with E-state index in [0.717, 1.165) is 11.4 Å². The average molecular weight is 378 g/mol. The summed E-state index contributed by atoms with van der Waals surface area (Å²) in [5.41, 5.74) is 0. The number of thiophene rings is 1. The van der Waals surface area contributed by atoms with Gasteiger partial charge < -0.3 is 10.2 Å². The Hall–Kier alpha value is -2.26. The Bertz CT molecular complexity index is 667. The minimum atomic E-state index is -0.261. The van der Waals surface area contributed by atoms with Crippen molar-refractivity contribution in [3.8, 4) is 0 Å². The summed E-state index contributed by atoms with van der Waals surface area (Å²) in [5.74, 6) is -0.764. The number of nitrogens with one attached hydrogen (secondary N) is 1. The summed E-state index contributed by atoms with van der Waals surface area (Å²) >= 11 is 1.41. The van der Waals surface area contributed by atoms with E-state index < -0.39 is 0 Å². The molecule has 2 aliphatic heterocycles. The van der Waals surface area contributed by atoms with Gasteiger partial charge in [0.15, 0.2) is 0 Å². The average Bonchev–Trinajstić information content (AvgIpc) is 3.28. The first-order valence-electron chi connectivity index (χ1n) is 8.69. The van der Waals surface area contributed by atoms with Gasteiger partial charge in [-0.25, -0.2) is 0 Å². The number of rotatable bonds is 6. The number of imide groups is 1. The van der Waals surface area contributed by atoms with Gasteiger partial charge in [0.1, 0.15) is 6.54 Å². The van der Waals surface area contributed by atoms with Crippen molar-refractivity contribution in [1.29, 1.82) is 0 Å². The van der Waals surface area contributed by atoms with Crippen molar-refractivity contribution in [3.63, 3.8) is 0 Å². The summed E-state index contributed by atoms with van der Waals surface area (Å²) in [6.07, 6.45) is 0.411. The van der Waals surface area contributed by atoms with Crippen LogP contribution in [0.1, 0.15) is 22.5 Å². The molecule has 0 aromatic carbocycles. The first-order valence-corrected chi connectivity index (χ1v) is 9.57. The molecule has 2 saturated heterocycles. The van der Waals surface area contributed by atoms with Crippen LogP contribution in [0.3, 0.4) is 0 Å². The Morgan fingerprint density at radius 3 is 2.38 bits per heavy atom. The molecule has 1 N–H and O–H groups in total. The number of amides is 4. The number of carbonyl (C=O) groups excluding carboxylic acids is 4. The van der Waals surface area contributed by atoms with Crippen LogP contribution in [0.5, 0.6) is 0 Å². The van der Waals surface area contributed by atoms with Crippen molar-refractivity contribution in [2.24, 2.45) is 0 Å². The monoisotopic (exact) mass is 378 g/mol. The van der Waals surface area contributed by atoms with Gasteiger partial charge in [-0.3, -0.25) is 29.0 Å². The zero-order valence-corrected chi connectivity index (χ0v) is 15.3. The topological polar surface area (TPSA) is 90.0 Å². The van der Waals surface area contributed by atoms with Gasteiger partial charge in [0, 0.05) is 52.1 Å². The van der Waals surface area contributed by atoms with E-state index in [-0.39, 0.29) is 43.0 Å². The molecule has 4 amide bonds. The molecular formula is C17H22N4O4S. The maximum atomic E-state index is 12.3. The molecule has 0 bridgehead atoms. The molecule has 0 saturated carbocycles. The summed E-state index contributed by atoms with van der Waals surface area (Å²) in [6, 6.07) is 3.64. The molecule has 0 aliphatic carbocycles. The molecule has 2 fully saturated rings. The molecular weight excluding hydrogens is 356 g/mol. The van der Waals surface area contributed by atoms with Gasteiger partial charge in [0.05, 0.1) is 4.88 Å². The quantitative estimate of drug-likeness (QED) is 0.691. The lowest BCUT2D eigenvalue weighted by Crippen LogP contribution is -2.52. The second-order valence-corrected chi connectivity index (χ2v) is 7.28. The molecule has 0 spiro atoms. The van der Waals surface area contributed by atoms with Gasteiger partial charge in [-0.2, -0.15) is 0 Å². The van der Waals surface area contributed by atoms with Crippen molar-refractivity contribution in [1.82, 2.24) is 20.0 Å². The van der Waals surface area contributed by atoms with Gasteiger partial charge in [0.2, 0.25) is 17.7 Å². The van der Waals surface area contributed by atoms with Gasteiger partial charge in [-0.15, -0.1) is 11.3 Å². The van der Waals surface area contributed by atoms with Gasteiger partial charge in [-0.05, 0) is 11.4 Å². The first-order chi connectivity index (χ1) is 12.5. The van der Waals surface area contributed by atoms with Crippen LogP contribution in [-0.2, 0) is 14.4 Å². The number of hydrogen-bond acceptors (Lipinski definition) is 6. The van der Waals surface area contributed by atoms with Crippen LogP contribution in [0, 0.1) is 0 Å². The van der Waals surface area contributed by atoms with Gasteiger partial charge >= 0.3 is 0 Å². The first kappa shape index (κ1) is 18.5. The molecule has 26 heavy (non-hydrogen) atoms. The Labute approximate surface area is 155 Å². The molecule has 3 heterocycles. The summed E-state index contributed by atoms with van der Waals surface area (Å²) in [5, 5.41) is 4.76. The molecule has 8 nitrogen and oxygen atoms in total. The van der Waals surface area contributed by atoms with Crippen molar-refractivity contribution in [2.75, 3.05) is 45.8 Å². The second kappa shape index (κ2) is 8.41. The van der Waals surface area contributed by atoms with Crippen LogP contribution in [0.2, 0.25) is 0 Å². The second-order valence-electron chi connectivity index (χ2n) is 6.33. The van der Waals surface area contributed by atoms with Gasteiger partial charge in [0.25, 0.3) is 5.91 Å². The third kappa shape index (κ3) is 4.47. The molecule has 1 aromatic heterocycles. The lowest BCUT2D eigenvalue weighted by Gasteiger charge is -2.35. The van der Waals surface area contributed by atoms with E-state index in [1.54, 1.807) is 11.0 Å². The van der Waals surface area contributed by atoms with Crippen LogP contribution < -0.4 is 5.32 Å². The van der Waals surface area contributed by atoms with E-state index >= 15 is 0 Å². The number of piperazine rings is 1. The highest BCUT2D eigenvalue weighted by molar-refractivity contribution is 7.12. The number of nitrogens with zero attached hydrogens (tertiary/aromatic N) is 3. The molecule has 0 unspecified atom stereocenters. The van der Waals surface area contributed by atoms with Crippen LogP contribution in [0.15, 0.2) is 17.5 Å². The van der Waals surface area contributed by atoms with Crippen molar-refractivity contribution >= 4 is 35.0 Å². The molecule has 9 heteroatoms. The van der Waals surface area contributed by atoms with E-state index in [0.29, 0.717) is 37.6 Å². The smallest absolute Gasteiger partial charge is 0.261 e. The standard InChI is InChI=1S/C17H22N4O4S/c22-14-3-4-15(23)21(14)12-16(24)20-9-7-19(8-10-20)6-5-18-17(25)13-2-1-11-26-13/h1-2,11H,3-10,12H2,(H,18,25). The number of hydrogen-bond donors (Lipinski definition) is 1. The summed E-state index contributed by atoms with van der Waals surface area (Å²) < 4.78 is 0. The molecule has 0 atom stereocenters. The molecule has 1 aromatic rings.